The Balaban J connectivity index is 1.52. The average Bonchev–Trinajstić information content (AvgIpc) is 2.79. The van der Waals surface area contributed by atoms with Crippen molar-refractivity contribution in [1.82, 2.24) is 0 Å². The smallest absolute Gasteiger partial charge is 0.172 e. The molecule has 0 aliphatic carbocycles. The molecule has 2 aromatic carbocycles. The van der Waals surface area contributed by atoms with E-state index in [1.165, 1.54) is 5.57 Å². The fraction of sp³-hybridized carbons (Fsp3) is 0.483. The lowest BCUT2D eigenvalue weighted by molar-refractivity contribution is -0.131. The highest BCUT2D eigenvalue weighted by molar-refractivity contribution is 6.32. The van der Waals surface area contributed by atoms with Gasteiger partial charge in [-0.15, -0.1) is 0 Å². The van der Waals surface area contributed by atoms with Crippen LogP contribution in [0.15, 0.2) is 42.5 Å². The van der Waals surface area contributed by atoms with Crippen LogP contribution in [0.1, 0.15) is 66.9 Å². The van der Waals surface area contributed by atoms with E-state index in [2.05, 4.69) is 33.8 Å². The lowest BCUT2D eigenvalue weighted by Gasteiger charge is -2.33. The van der Waals surface area contributed by atoms with Crippen LogP contribution in [0.25, 0.3) is 5.57 Å². The first-order valence-corrected chi connectivity index (χ1v) is 12.6. The van der Waals surface area contributed by atoms with Gasteiger partial charge in [0, 0.05) is 18.1 Å². The second-order valence-electron chi connectivity index (χ2n) is 10.0. The number of rotatable bonds is 11. The first-order chi connectivity index (χ1) is 16.4. The molecule has 0 amide bonds. The average molecular weight is 501 g/mol. The minimum Gasteiger partial charge on any atom is -0.493 e. The standard InChI is InChI=1S/C29H37ClO5/c1-8-29(7,20(4)31)34-22-12-10-21(11-13-22)32-14-9-15-33-27-17-26-23(16-25(27)30)24(19(2)3)18-28(5,6)35-26/h10-13,16-19H,8-9,14-15H2,1-7H3/t29-/m1/s1. The van der Waals surface area contributed by atoms with Crippen molar-refractivity contribution in [2.24, 2.45) is 5.92 Å². The summed E-state index contributed by atoms with van der Waals surface area (Å²) in [6.07, 6.45) is 3.46. The molecule has 190 valence electrons. The van der Waals surface area contributed by atoms with Crippen molar-refractivity contribution in [2.75, 3.05) is 13.2 Å². The van der Waals surface area contributed by atoms with Crippen LogP contribution in [0.2, 0.25) is 5.02 Å². The lowest BCUT2D eigenvalue weighted by Crippen LogP contribution is -2.39. The molecule has 0 aromatic heterocycles. The van der Waals surface area contributed by atoms with Crippen LogP contribution >= 0.6 is 11.6 Å². The lowest BCUT2D eigenvalue weighted by atomic mass is 9.88. The summed E-state index contributed by atoms with van der Waals surface area (Å²) >= 11 is 6.53. The molecule has 0 unspecified atom stereocenters. The van der Waals surface area contributed by atoms with Gasteiger partial charge in [0.1, 0.15) is 28.6 Å². The molecule has 3 rings (SSSR count). The van der Waals surface area contributed by atoms with E-state index in [9.17, 15) is 4.79 Å². The summed E-state index contributed by atoms with van der Waals surface area (Å²) in [7, 11) is 0. The largest absolute Gasteiger partial charge is 0.493 e. The first-order valence-electron chi connectivity index (χ1n) is 12.3. The normalized spacial score (nSPS) is 16.0. The van der Waals surface area contributed by atoms with Gasteiger partial charge in [-0.25, -0.2) is 0 Å². The van der Waals surface area contributed by atoms with E-state index in [1.807, 2.05) is 50.2 Å². The molecule has 1 heterocycles. The van der Waals surface area contributed by atoms with Crippen molar-refractivity contribution in [3.8, 4) is 23.0 Å². The van der Waals surface area contributed by atoms with Gasteiger partial charge in [-0.1, -0.05) is 32.4 Å². The molecular formula is C29H37ClO5. The Kier molecular flexibility index (Phi) is 8.42. The first kappa shape index (κ1) is 26.9. The zero-order chi connectivity index (χ0) is 25.8. The van der Waals surface area contributed by atoms with E-state index < -0.39 is 5.60 Å². The number of hydrogen-bond acceptors (Lipinski definition) is 5. The van der Waals surface area contributed by atoms with Crippen LogP contribution in [-0.2, 0) is 4.79 Å². The van der Waals surface area contributed by atoms with Crippen LogP contribution < -0.4 is 18.9 Å². The molecule has 0 radical (unpaired) electrons. The molecule has 2 aromatic rings. The molecule has 1 aliphatic heterocycles. The van der Waals surface area contributed by atoms with Crippen molar-refractivity contribution in [3.63, 3.8) is 0 Å². The van der Waals surface area contributed by atoms with Gasteiger partial charge in [0.25, 0.3) is 0 Å². The molecule has 0 fully saturated rings. The van der Waals surface area contributed by atoms with Crippen molar-refractivity contribution in [1.29, 1.82) is 0 Å². The molecule has 35 heavy (non-hydrogen) atoms. The summed E-state index contributed by atoms with van der Waals surface area (Å²) in [4.78, 5) is 11.9. The Bertz CT molecular complexity index is 1070. The molecule has 0 N–H and O–H groups in total. The molecule has 6 heteroatoms. The predicted octanol–water partition coefficient (Wildman–Crippen LogP) is 7.53. The van der Waals surface area contributed by atoms with Crippen LogP contribution in [0.5, 0.6) is 23.0 Å². The summed E-state index contributed by atoms with van der Waals surface area (Å²) in [5.41, 5.74) is 1.06. The van der Waals surface area contributed by atoms with E-state index in [0.29, 0.717) is 48.5 Å². The molecule has 0 saturated carbocycles. The third-order valence-electron chi connectivity index (χ3n) is 6.24. The molecule has 1 aliphatic rings. The zero-order valence-corrected chi connectivity index (χ0v) is 22.6. The number of fused-ring (bicyclic) bond motifs is 1. The quantitative estimate of drug-likeness (QED) is 0.298. The summed E-state index contributed by atoms with van der Waals surface area (Å²) in [6.45, 7) is 14.7. The van der Waals surface area contributed by atoms with Gasteiger partial charge in [0.15, 0.2) is 11.4 Å². The number of carbonyl (C=O) groups is 1. The number of benzene rings is 2. The van der Waals surface area contributed by atoms with Crippen LogP contribution in [0, 0.1) is 5.92 Å². The molecule has 0 saturated heterocycles. The maximum atomic E-state index is 11.9. The van der Waals surface area contributed by atoms with Crippen LogP contribution in [0.3, 0.4) is 0 Å². The van der Waals surface area contributed by atoms with E-state index in [1.54, 1.807) is 6.92 Å². The number of ketones is 1. The topological polar surface area (TPSA) is 54.0 Å². The highest BCUT2D eigenvalue weighted by Crippen LogP contribution is 2.44. The fourth-order valence-corrected chi connectivity index (χ4v) is 4.10. The van der Waals surface area contributed by atoms with Gasteiger partial charge in [-0.2, -0.15) is 0 Å². The van der Waals surface area contributed by atoms with E-state index in [4.69, 9.17) is 30.5 Å². The van der Waals surface area contributed by atoms with Gasteiger partial charge in [0.05, 0.1) is 18.2 Å². The number of Topliss-reactive ketones (excluding diaryl/α,β-unsaturated/α-hetero) is 1. The van der Waals surface area contributed by atoms with Crippen LogP contribution in [-0.4, -0.2) is 30.2 Å². The Hall–Kier alpha value is -2.66. The van der Waals surface area contributed by atoms with Gasteiger partial charge in [-0.05, 0) is 82.0 Å². The van der Waals surface area contributed by atoms with Crippen molar-refractivity contribution in [3.05, 3.63) is 53.1 Å². The highest BCUT2D eigenvalue weighted by atomic mass is 35.5. The summed E-state index contributed by atoms with van der Waals surface area (Å²) < 4.78 is 23.8. The van der Waals surface area contributed by atoms with Crippen molar-refractivity contribution in [2.45, 2.75) is 72.5 Å². The third-order valence-corrected chi connectivity index (χ3v) is 6.54. The number of hydrogen-bond donors (Lipinski definition) is 0. The van der Waals surface area contributed by atoms with Gasteiger partial charge >= 0.3 is 0 Å². The summed E-state index contributed by atoms with van der Waals surface area (Å²) in [5, 5.41) is 0.569. The number of allylic oxidation sites excluding steroid dienone is 1. The maximum absolute atomic E-state index is 11.9. The Labute approximate surface area is 214 Å². The van der Waals surface area contributed by atoms with E-state index in [0.717, 1.165) is 17.1 Å². The zero-order valence-electron chi connectivity index (χ0n) is 21.9. The monoisotopic (exact) mass is 500 g/mol. The predicted molar refractivity (Wildman–Crippen MR) is 141 cm³/mol. The summed E-state index contributed by atoms with van der Waals surface area (Å²) in [6, 6.07) is 11.1. The minimum absolute atomic E-state index is 0.00598. The Morgan fingerprint density at radius 2 is 1.71 bits per heavy atom. The Morgan fingerprint density at radius 1 is 1.09 bits per heavy atom. The molecule has 5 nitrogen and oxygen atoms in total. The second-order valence-corrected chi connectivity index (χ2v) is 10.4. The van der Waals surface area contributed by atoms with E-state index >= 15 is 0 Å². The van der Waals surface area contributed by atoms with Gasteiger partial charge in [-0.3, -0.25) is 4.79 Å². The van der Waals surface area contributed by atoms with Gasteiger partial charge in [0.2, 0.25) is 0 Å². The third kappa shape index (κ3) is 6.72. The molecular weight excluding hydrogens is 464 g/mol. The van der Waals surface area contributed by atoms with Crippen LogP contribution in [0.4, 0.5) is 0 Å². The molecule has 1 atom stereocenters. The van der Waals surface area contributed by atoms with Gasteiger partial charge < -0.3 is 18.9 Å². The molecule has 0 bridgehead atoms. The minimum atomic E-state index is -0.814. The molecule has 0 spiro atoms. The number of ether oxygens (including phenoxy) is 4. The summed E-state index contributed by atoms with van der Waals surface area (Å²) in [5.74, 6) is 3.14. The van der Waals surface area contributed by atoms with E-state index in [-0.39, 0.29) is 11.4 Å². The maximum Gasteiger partial charge on any atom is 0.172 e. The highest BCUT2D eigenvalue weighted by Gasteiger charge is 2.30. The Morgan fingerprint density at radius 3 is 2.31 bits per heavy atom. The number of halogens is 1. The second kappa shape index (κ2) is 10.9. The van der Waals surface area contributed by atoms with Crippen molar-refractivity contribution < 1.29 is 23.7 Å². The van der Waals surface area contributed by atoms with Crippen molar-refractivity contribution >= 4 is 23.0 Å². The number of carbonyl (C=O) groups excluding carboxylic acids is 1. The fourth-order valence-electron chi connectivity index (χ4n) is 3.89. The SMILES string of the molecule is CC[C@@](C)(Oc1ccc(OCCCOc2cc3c(cc2Cl)C(C(C)C)=CC(C)(C)O3)cc1)C(C)=O.